The molecule has 3 aliphatic rings. The summed E-state index contributed by atoms with van der Waals surface area (Å²) in [6, 6.07) is 4.87. The average Bonchev–Trinajstić information content (AvgIpc) is 3.17. The van der Waals surface area contributed by atoms with E-state index in [1.165, 1.54) is 7.11 Å². The van der Waals surface area contributed by atoms with Gasteiger partial charge >= 0.3 is 5.97 Å². The van der Waals surface area contributed by atoms with Crippen LogP contribution in [0.4, 0.5) is 5.69 Å². The number of carbonyl (C=O) groups excluding carboxylic acids is 4. The Morgan fingerprint density at radius 1 is 1.22 bits per heavy atom. The zero-order valence-corrected chi connectivity index (χ0v) is 20.5. The molecule has 11 nitrogen and oxygen atoms in total. The first-order chi connectivity index (χ1) is 17.4. The molecule has 0 bridgehead atoms. The highest BCUT2D eigenvalue weighted by atomic mass is 16.5. The minimum atomic E-state index is -0.679. The third-order valence-electron chi connectivity index (χ3n) is 6.87. The van der Waals surface area contributed by atoms with Gasteiger partial charge in [0.1, 0.15) is 18.3 Å². The van der Waals surface area contributed by atoms with Crippen LogP contribution < -0.4 is 15.8 Å². The smallest absolute Gasteiger partial charge is 0.325 e. The van der Waals surface area contributed by atoms with Crippen LogP contribution in [-0.2, 0) is 30.5 Å². The lowest BCUT2D eigenvalue weighted by molar-refractivity contribution is -0.149. The van der Waals surface area contributed by atoms with Crippen molar-refractivity contribution in [2.45, 2.75) is 70.0 Å². The molecule has 36 heavy (non-hydrogen) atoms. The van der Waals surface area contributed by atoms with Crippen LogP contribution in [-0.4, -0.2) is 71.8 Å². The van der Waals surface area contributed by atoms with E-state index < -0.39 is 17.9 Å². The average molecular weight is 500 g/mol. The van der Waals surface area contributed by atoms with Crippen molar-refractivity contribution in [1.29, 1.82) is 0 Å². The molecule has 194 valence electrons. The predicted molar refractivity (Wildman–Crippen MR) is 130 cm³/mol. The monoisotopic (exact) mass is 499 g/mol. The van der Waals surface area contributed by atoms with Crippen LogP contribution in [0.5, 0.6) is 5.75 Å². The van der Waals surface area contributed by atoms with Gasteiger partial charge in [0.15, 0.2) is 0 Å². The van der Waals surface area contributed by atoms with Crippen molar-refractivity contribution >= 4 is 35.3 Å². The van der Waals surface area contributed by atoms with E-state index in [0.717, 1.165) is 43.4 Å². The number of fused-ring (bicyclic) bond motifs is 2. The summed E-state index contributed by atoms with van der Waals surface area (Å²) in [5.74, 6) is -0.268. The SMILES string of the molecule is COC(=O)CN(C(=O)CCCOc1ccc2c(c1)CN1C(=N2)NC(=O)C1CC(N)=O)C1CCCCC1. The summed E-state index contributed by atoms with van der Waals surface area (Å²) in [5, 5.41) is 2.70. The molecule has 0 spiro atoms. The van der Waals surface area contributed by atoms with Crippen molar-refractivity contribution in [2.24, 2.45) is 10.7 Å². The maximum Gasteiger partial charge on any atom is 0.325 e. The maximum absolute atomic E-state index is 12.9. The molecule has 1 atom stereocenters. The number of primary amides is 1. The Labute approximate surface area is 210 Å². The van der Waals surface area contributed by atoms with Crippen molar-refractivity contribution in [3.63, 3.8) is 0 Å². The number of nitrogens with one attached hydrogen (secondary N) is 1. The van der Waals surface area contributed by atoms with Crippen molar-refractivity contribution < 1.29 is 28.7 Å². The number of nitrogens with zero attached hydrogens (tertiary/aromatic N) is 3. The van der Waals surface area contributed by atoms with Gasteiger partial charge in [0.25, 0.3) is 0 Å². The fourth-order valence-electron chi connectivity index (χ4n) is 4.98. The highest BCUT2D eigenvalue weighted by molar-refractivity contribution is 6.09. The highest BCUT2D eigenvalue weighted by Gasteiger charge is 2.39. The van der Waals surface area contributed by atoms with Crippen LogP contribution >= 0.6 is 0 Å². The first-order valence-corrected chi connectivity index (χ1v) is 12.4. The summed E-state index contributed by atoms with van der Waals surface area (Å²) in [4.78, 5) is 56.3. The molecule has 2 aliphatic heterocycles. The Morgan fingerprint density at radius 3 is 2.72 bits per heavy atom. The summed E-state index contributed by atoms with van der Waals surface area (Å²) in [5.41, 5.74) is 6.88. The highest BCUT2D eigenvalue weighted by Crippen LogP contribution is 2.32. The predicted octanol–water partition coefficient (Wildman–Crippen LogP) is 1.36. The molecule has 1 saturated heterocycles. The van der Waals surface area contributed by atoms with E-state index in [9.17, 15) is 19.2 Å². The van der Waals surface area contributed by atoms with Gasteiger partial charge in [-0.3, -0.25) is 24.5 Å². The van der Waals surface area contributed by atoms with E-state index in [-0.39, 0.29) is 37.2 Å². The number of aliphatic imine (C=N–C) groups is 1. The van der Waals surface area contributed by atoms with Crippen LogP contribution in [0.15, 0.2) is 23.2 Å². The van der Waals surface area contributed by atoms with Crippen molar-refractivity contribution in [1.82, 2.24) is 15.1 Å². The van der Waals surface area contributed by atoms with E-state index in [1.54, 1.807) is 15.9 Å². The summed E-state index contributed by atoms with van der Waals surface area (Å²) < 4.78 is 10.7. The topological polar surface area (TPSA) is 144 Å². The summed E-state index contributed by atoms with van der Waals surface area (Å²) >= 11 is 0. The number of esters is 1. The number of nitrogens with two attached hydrogens (primary N) is 1. The lowest BCUT2D eigenvalue weighted by Crippen LogP contribution is -2.44. The summed E-state index contributed by atoms with van der Waals surface area (Å²) in [6.07, 6.45) is 5.82. The van der Waals surface area contributed by atoms with Gasteiger partial charge in [-0.05, 0) is 37.5 Å². The largest absolute Gasteiger partial charge is 0.494 e. The number of benzene rings is 1. The van der Waals surface area contributed by atoms with Gasteiger partial charge in [-0.2, -0.15) is 0 Å². The molecule has 1 unspecified atom stereocenters. The zero-order chi connectivity index (χ0) is 25.7. The van der Waals surface area contributed by atoms with Crippen LogP contribution in [0.25, 0.3) is 0 Å². The van der Waals surface area contributed by atoms with Crippen LogP contribution in [0, 0.1) is 0 Å². The van der Waals surface area contributed by atoms with Gasteiger partial charge in [0, 0.05) is 24.6 Å². The molecule has 1 saturated carbocycles. The van der Waals surface area contributed by atoms with Crippen molar-refractivity contribution in [3.05, 3.63) is 23.8 Å². The minimum Gasteiger partial charge on any atom is -0.494 e. The third kappa shape index (κ3) is 5.95. The number of methoxy groups -OCH3 is 1. The molecule has 1 aromatic rings. The first kappa shape index (κ1) is 25.5. The molecule has 11 heteroatoms. The molecule has 3 N–H and O–H groups in total. The van der Waals surface area contributed by atoms with Crippen LogP contribution in [0.3, 0.4) is 0 Å². The first-order valence-electron chi connectivity index (χ1n) is 12.4. The van der Waals surface area contributed by atoms with Gasteiger partial charge in [0.05, 0.1) is 25.8 Å². The van der Waals surface area contributed by atoms with E-state index in [0.29, 0.717) is 31.3 Å². The molecule has 1 aliphatic carbocycles. The summed E-state index contributed by atoms with van der Waals surface area (Å²) in [6.45, 7) is 0.715. The minimum absolute atomic E-state index is 0.0151. The Hall–Kier alpha value is -3.63. The Morgan fingerprint density at radius 2 is 2.00 bits per heavy atom. The number of carbonyl (C=O) groups is 4. The van der Waals surface area contributed by atoms with Crippen molar-refractivity contribution in [3.8, 4) is 5.75 Å². The second kappa shape index (κ2) is 11.4. The van der Waals surface area contributed by atoms with Crippen molar-refractivity contribution in [2.75, 3.05) is 20.3 Å². The molecule has 4 rings (SSSR count). The van der Waals surface area contributed by atoms with E-state index in [1.807, 2.05) is 12.1 Å². The molecular weight excluding hydrogens is 466 g/mol. The fourth-order valence-corrected chi connectivity index (χ4v) is 4.98. The number of hydrogen-bond acceptors (Lipinski definition) is 8. The zero-order valence-electron chi connectivity index (χ0n) is 20.5. The van der Waals surface area contributed by atoms with Gasteiger partial charge in [-0.25, -0.2) is 4.99 Å². The quantitative estimate of drug-likeness (QED) is 0.365. The lowest BCUT2D eigenvalue weighted by atomic mass is 9.94. The van der Waals surface area contributed by atoms with E-state index in [4.69, 9.17) is 15.2 Å². The lowest BCUT2D eigenvalue weighted by Gasteiger charge is -2.33. The number of amides is 3. The van der Waals surface area contributed by atoms with Crippen LogP contribution in [0.2, 0.25) is 0 Å². The third-order valence-corrected chi connectivity index (χ3v) is 6.87. The second-order valence-corrected chi connectivity index (χ2v) is 9.37. The van der Waals surface area contributed by atoms with E-state index >= 15 is 0 Å². The standard InChI is InChI=1S/C25H33N5O6/c1-35-23(33)15-29(17-6-3-2-4-7-17)22(32)8-5-11-36-18-9-10-19-16(12-18)14-30-20(13-21(26)31)24(34)28-25(30)27-19/h9-10,12,17,20H,2-8,11,13-15H2,1H3,(H2,26,31)(H,27,28,34). The van der Waals surface area contributed by atoms with Gasteiger partial charge in [-0.1, -0.05) is 19.3 Å². The normalized spacial score (nSPS) is 19.0. The molecule has 3 amide bonds. The number of rotatable bonds is 10. The molecule has 2 fully saturated rings. The van der Waals surface area contributed by atoms with Gasteiger partial charge in [0.2, 0.25) is 23.7 Å². The van der Waals surface area contributed by atoms with Crippen LogP contribution in [0.1, 0.15) is 56.9 Å². The Bertz CT molecular complexity index is 1050. The van der Waals surface area contributed by atoms with E-state index in [2.05, 4.69) is 10.3 Å². The molecule has 1 aromatic carbocycles. The maximum atomic E-state index is 12.9. The molecule has 0 radical (unpaired) electrons. The molecular formula is C25H33N5O6. The van der Waals surface area contributed by atoms with Gasteiger partial charge < -0.3 is 25.0 Å². The Balaban J connectivity index is 1.31. The molecule has 2 heterocycles. The fraction of sp³-hybridized carbons (Fsp3) is 0.560. The second-order valence-electron chi connectivity index (χ2n) is 9.37. The number of hydrogen-bond donors (Lipinski definition) is 2. The van der Waals surface area contributed by atoms with Gasteiger partial charge in [-0.15, -0.1) is 0 Å². The Kier molecular flexibility index (Phi) is 8.07. The molecule has 0 aromatic heterocycles. The number of ether oxygens (including phenoxy) is 2. The number of guanidine groups is 1. The summed E-state index contributed by atoms with van der Waals surface area (Å²) in [7, 11) is 1.33.